The number of aryl methyl sites for hydroxylation is 2. The van der Waals surface area contributed by atoms with Crippen molar-refractivity contribution in [2.24, 2.45) is 0 Å². The molecule has 0 heterocycles. The third-order valence-corrected chi connectivity index (χ3v) is 3.49. The number of hydrogen-bond donors (Lipinski definition) is 1. The summed E-state index contributed by atoms with van der Waals surface area (Å²) in [6.45, 7) is 11.5. The van der Waals surface area contributed by atoms with Crippen molar-refractivity contribution in [3.05, 3.63) is 59.2 Å². The van der Waals surface area contributed by atoms with Crippen molar-refractivity contribution in [1.29, 1.82) is 0 Å². The molecule has 0 aliphatic rings. The van der Waals surface area contributed by atoms with Crippen LogP contribution in [-0.2, 0) is 6.54 Å². The number of ether oxygens (including phenoxy) is 1. The van der Waals surface area contributed by atoms with E-state index in [1.54, 1.807) is 0 Å². The molecule has 0 atom stereocenters. The predicted molar refractivity (Wildman–Crippen MR) is 89.0 cm³/mol. The van der Waals surface area contributed by atoms with E-state index in [0.29, 0.717) is 0 Å². The Morgan fingerprint density at radius 2 is 1.67 bits per heavy atom. The topological polar surface area (TPSA) is 21.3 Å². The van der Waals surface area contributed by atoms with Gasteiger partial charge in [0.2, 0.25) is 0 Å². The smallest absolute Gasteiger partial charge is 0.131 e. The van der Waals surface area contributed by atoms with Gasteiger partial charge in [-0.2, -0.15) is 0 Å². The van der Waals surface area contributed by atoms with E-state index in [0.717, 1.165) is 18.0 Å². The highest BCUT2D eigenvalue weighted by Gasteiger charge is 2.11. The molecule has 112 valence electrons. The van der Waals surface area contributed by atoms with Crippen LogP contribution in [0, 0.1) is 13.8 Å². The maximum Gasteiger partial charge on any atom is 0.131 e. The summed E-state index contributed by atoms with van der Waals surface area (Å²) in [6.07, 6.45) is 0. The Balaban J connectivity index is 2.17. The van der Waals surface area contributed by atoms with Gasteiger partial charge >= 0.3 is 0 Å². The largest absolute Gasteiger partial charge is 0.457 e. The van der Waals surface area contributed by atoms with E-state index < -0.39 is 0 Å². The molecule has 21 heavy (non-hydrogen) atoms. The van der Waals surface area contributed by atoms with Crippen LogP contribution in [0.3, 0.4) is 0 Å². The molecule has 0 radical (unpaired) electrons. The average molecular weight is 283 g/mol. The lowest BCUT2D eigenvalue weighted by atomic mass is 10.1. The fraction of sp³-hybridized carbons (Fsp3) is 0.368. The van der Waals surface area contributed by atoms with E-state index in [2.05, 4.69) is 58.1 Å². The Hall–Kier alpha value is -1.80. The standard InChI is InChI=1S/C19H25NO/c1-14-10-11-17(12-15(14)2)21-18-9-7-6-8-16(18)13-20-19(3,4)5/h6-12,20H,13H2,1-5H3. The Labute approximate surface area is 128 Å². The van der Waals surface area contributed by atoms with Gasteiger partial charge in [-0.25, -0.2) is 0 Å². The third-order valence-electron chi connectivity index (χ3n) is 3.49. The predicted octanol–water partition coefficient (Wildman–Crippen LogP) is 4.98. The molecular formula is C19H25NO. The van der Waals surface area contributed by atoms with Gasteiger partial charge in [-0.1, -0.05) is 24.3 Å². The molecule has 2 heteroatoms. The van der Waals surface area contributed by atoms with Crippen molar-refractivity contribution in [3.8, 4) is 11.5 Å². The Morgan fingerprint density at radius 3 is 2.33 bits per heavy atom. The molecule has 1 N–H and O–H groups in total. The molecule has 0 saturated carbocycles. The van der Waals surface area contributed by atoms with Crippen molar-refractivity contribution in [1.82, 2.24) is 5.32 Å². The van der Waals surface area contributed by atoms with Crippen LogP contribution in [-0.4, -0.2) is 5.54 Å². The van der Waals surface area contributed by atoms with Crippen LogP contribution in [0.25, 0.3) is 0 Å². The van der Waals surface area contributed by atoms with Crippen molar-refractivity contribution >= 4 is 0 Å². The molecular weight excluding hydrogens is 258 g/mol. The second-order valence-electron chi connectivity index (χ2n) is 6.56. The van der Waals surface area contributed by atoms with Crippen LogP contribution >= 0.6 is 0 Å². The van der Waals surface area contributed by atoms with Crippen molar-refractivity contribution in [3.63, 3.8) is 0 Å². The van der Waals surface area contributed by atoms with Crippen LogP contribution in [0.2, 0.25) is 0 Å². The van der Waals surface area contributed by atoms with Crippen LogP contribution in [0.4, 0.5) is 0 Å². The first kappa shape index (κ1) is 15.6. The zero-order valence-electron chi connectivity index (χ0n) is 13.7. The monoisotopic (exact) mass is 283 g/mol. The van der Waals surface area contributed by atoms with Gasteiger partial charge < -0.3 is 10.1 Å². The summed E-state index contributed by atoms with van der Waals surface area (Å²) in [6, 6.07) is 14.4. The summed E-state index contributed by atoms with van der Waals surface area (Å²) in [4.78, 5) is 0. The Bertz CT molecular complexity index is 611. The molecule has 2 rings (SSSR count). The molecule has 2 aromatic carbocycles. The maximum atomic E-state index is 6.07. The van der Waals surface area contributed by atoms with Gasteiger partial charge in [0.25, 0.3) is 0 Å². The Morgan fingerprint density at radius 1 is 0.952 bits per heavy atom. The SMILES string of the molecule is Cc1ccc(Oc2ccccc2CNC(C)(C)C)cc1C. The normalized spacial score (nSPS) is 11.5. The first-order chi connectivity index (χ1) is 9.85. The van der Waals surface area contributed by atoms with Gasteiger partial charge in [-0.05, 0) is 63.9 Å². The van der Waals surface area contributed by atoms with E-state index in [1.807, 2.05) is 24.3 Å². The van der Waals surface area contributed by atoms with Crippen LogP contribution in [0.15, 0.2) is 42.5 Å². The molecule has 0 fully saturated rings. The van der Waals surface area contributed by atoms with Gasteiger partial charge in [-0.3, -0.25) is 0 Å². The third kappa shape index (κ3) is 4.61. The minimum Gasteiger partial charge on any atom is -0.457 e. The molecule has 0 spiro atoms. The average Bonchev–Trinajstić information content (AvgIpc) is 2.41. The fourth-order valence-electron chi connectivity index (χ4n) is 2.01. The highest BCUT2D eigenvalue weighted by molar-refractivity contribution is 5.40. The zero-order valence-corrected chi connectivity index (χ0v) is 13.7. The van der Waals surface area contributed by atoms with Gasteiger partial charge in [0.05, 0.1) is 0 Å². The highest BCUT2D eigenvalue weighted by atomic mass is 16.5. The van der Waals surface area contributed by atoms with Gasteiger partial charge in [0, 0.05) is 17.6 Å². The first-order valence-corrected chi connectivity index (χ1v) is 7.43. The molecule has 0 bridgehead atoms. The van der Waals surface area contributed by atoms with Gasteiger partial charge in [-0.15, -0.1) is 0 Å². The maximum absolute atomic E-state index is 6.07. The summed E-state index contributed by atoms with van der Waals surface area (Å²) in [5.74, 6) is 1.80. The van der Waals surface area contributed by atoms with E-state index in [-0.39, 0.29) is 5.54 Å². The lowest BCUT2D eigenvalue weighted by molar-refractivity contribution is 0.414. The molecule has 0 aliphatic heterocycles. The number of para-hydroxylation sites is 1. The van der Waals surface area contributed by atoms with E-state index in [4.69, 9.17) is 4.74 Å². The lowest BCUT2D eigenvalue weighted by Gasteiger charge is -2.21. The second-order valence-corrected chi connectivity index (χ2v) is 6.56. The van der Waals surface area contributed by atoms with Crippen molar-refractivity contribution < 1.29 is 4.74 Å². The molecule has 2 nitrogen and oxygen atoms in total. The second kappa shape index (κ2) is 6.31. The van der Waals surface area contributed by atoms with E-state index in [9.17, 15) is 0 Å². The Kier molecular flexibility index (Phi) is 4.69. The molecule has 0 amide bonds. The van der Waals surface area contributed by atoms with Crippen LogP contribution in [0.5, 0.6) is 11.5 Å². The highest BCUT2D eigenvalue weighted by Crippen LogP contribution is 2.27. The summed E-state index contributed by atoms with van der Waals surface area (Å²) in [5.41, 5.74) is 3.79. The quantitative estimate of drug-likeness (QED) is 0.854. The summed E-state index contributed by atoms with van der Waals surface area (Å²) in [7, 11) is 0. The minimum absolute atomic E-state index is 0.0908. The van der Waals surface area contributed by atoms with E-state index >= 15 is 0 Å². The minimum atomic E-state index is 0.0908. The first-order valence-electron chi connectivity index (χ1n) is 7.43. The number of nitrogens with one attached hydrogen (secondary N) is 1. The van der Waals surface area contributed by atoms with Crippen molar-refractivity contribution in [2.45, 2.75) is 46.7 Å². The molecule has 0 unspecified atom stereocenters. The van der Waals surface area contributed by atoms with Crippen LogP contribution < -0.4 is 10.1 Å². The number of rotatable bonds is 4. The fourth-order valence-corrected chi connectivity index (χ4v) is 2.01. The summed E-state index contributed by atoms with van der Waals surface area (Å²) >= 11 is 0. The zero-order chi connectivity index (χ0) is 15.5. The molecule has 2 aromatic rings. The van der Waals surface area contributed by atoms with Gasteiger partial charge in [0.1, 0.15) is 11.5 Å². The molecule has 0 aliphatic carbocycles. The lowest BCUT2D eigenvalue weighted by Crippen LogP contribution is -2.35. The molecule has 0 saturated heterocycles. The van der Waals surface area contributed by atoms with E-state index in [1.165, 1.54) is 16.7 Å². The summed E-state index contributed by atoms with van der Waals surface area (Å²) < 4.78 is 6.07. The number of benzene rings is 2. The number of hydrogen-bond acceptors (Lipinski definition) is 2. The summed E-state index contributed by atoms with van der Waals surface area (Å²) in [5, 5.41) is 3.50. The molecule has 0 aromatic heterocycles. The van der Waals surface area contributed by atoms with Gasteiger partial charge in [0.15, 0.2) is 0 Å². The van der Waals surface area contributed by atoms with Crippen LogP contribution in [0.1, 0.15) is 37.5 Å². The van der Waals surface area contributed by atoms with Crippen molar-refractivity contribution in [2.75, 3.05) is 0 Å².